The second-order valence-corrected chi connectivity index (χ2v) is 8.91. The van der Waals surface area contributed by atoms with Gasteiger partial charge in [-0.05, 0) is 24.5 Å². The minimum absolute atomic E-state index is 0. The zero-order valence-electron chi connectivity index (χ0n) is 13.3. The number of piperazine rings is 1. The Kier molecular flexibility index (Phi) is 6.53. The molecule has 1 unspecified atom stereocenters. The number of carbonyl (C=O) groups excluding carboxylic acids is 1. The van der Waals surface area contributed by atoms with E-state index < -0.39 is 9.84 Å². The Balaban J connectivity index is 0.00000208. The Hall–Kier alpha value is -0.820. The molecule has 0 saturated carbocycles. The molecule has 1 amide bonds. The van der Waals surface area contributed by atoms with Crippen molar-refractivity contribution in [3.05, 3.63) is 34.9 Å². The van der Waals surface area contributed by atoms with Gasteiger partial charge in [-0.2, -0.15) is 0 Å². The summed E-state index contributed by atoms with van der Waals surface area (Å²) in [7, 11) is -2.96. The van der Waals surface area contributed by atoms with Crippen LogP contribution in [0.5, 0.6) is 0 Å². The fourth-order valence-electron chi connectivity index (χ4n) is 3.36. The van der Waals surface area contributed by atoms with Gasteiger partial charge >= 0.3 is 0 Å². The number of hydrogen-bond donors (Lipinski definition) is 1. The number of rotatable bonds is 2. The van der Waals surface area contributed by atoms with Crippen molar-refractivity contribution in [2.24, 2.45) is 5.92 Å². The highest BCUT2D eigenvalue weighted by Gasteiger charge is 2.36. The lowest BCUT2D eigenvalue weighted by Gasteiger charge is -2.39. The SMILES string of the molecule is Cl.O=C(C1CCS(=O)(=O)CC1)N1CCNCC1c1ccccc1Cl. The van der Waals surface area contributed by atoms with E-state index in [1.807, 2.05) is 29.2 Å². The quantitative estimate of drug-likeness (QED) is 0.836. The second-order valence-electron chi connectivity index (χ2n) is 6.20. The van der Waals surface area contributed by atoms with Gasteiger partial charge < -0.3 is 10.2 Å². The van der Waals surface area contributed by atoms with Crippen molar-refractivity contribution >= 4 is 39.8 Å². The summed E-state index contributed by atoms with van der Waals surface area (Å²) in [6.45, 7) is 2.04. The Morgan fingerprint density at radius 2 is 1.88 bits per heavy atom. The van der Waals surface area contributed by atoms with Crippen LogP contribution >= 0.6 is 24.0 Å². The fourth-order valence-corrected chi connectivity index (χ4v) is 5.12. The molecular weight excluding hydrogens is 371 g/mol. The van der Waals surface area contributed by atoms with E-state index >= 15 is 0 Å². The maximum absolute atomic E-state index is 12.9. The third-order valence-electron chi connectivity index (χ3n) is 4.69. The zero-order chi connectivity index (χ0) is 16.4. The maximum atomic E-state index is 12.9. The number of amides is 1. The molecule has 1 N–H and O–H groups in total. The predicted molar refractivity (Wildman–Crippen MR) is 97.4 cm³/mol. The van der Waals surface area contributed by atoms with Crippen LogP contribution < -0.4 is 5.32 Å². The maximum Gasteiger partial charge on any atom is 0.226 e. The highest BCUT2D eigenvalue weighted by molar-refractivity contribution is 7.91. The van der Waals surface area contributed by atoms with Crippen molar-refractivity contribution in [2.75, 3.05) is 31.1 Å². The van der Waals surface area contributed by atoms with Crippen LogP contribution in [0.3, 0.4) is 0 Å². The molecule has 0 aliphatic carbocycles. The van der Waals surface area contributed by atoms with Crippen LogP contribution in [0.1, 0.15) is 24.4 Å². The lowest BCUT2D eigenvalue weighted by Crippen LogP contribution is -2.51. The average molecular weight is 393 g/mol. The van der Waals surface area contributed by atoms with Crippen LogP contribution in [0.4, 0.5) is 0 Å². The van der Waals surface area contributed by atoms with Crippen molar-refractivity contribution in [3.63, 3.8) is 0 Å². The summed E-state index contributed by atoms with van der Waals surface area (Å²) in [6, 6.07) is 7.49. The second kappa shape index (κ2) is 8.04. The molecule has 2 aliphatic rings. The van der Waals surface area contributed by atoms with Crippen LogP contribution in [0.25, 0.3) is 0 Å². The van der Waals surface area contributed by atoms with E-state index in [1.54, 1.807) is 0 Å². The summed E-state index contributed by atoms with van der Waals surface area (Å²) in [5.41, 5.74) is 0.943. The summed E-state index contributed by atoms with van der Waals surface area (Å²) in [6.07, 6.45) is 0.862. The molecule has 0 bridgehead atoms. The van der Waals surface area contributed by atoms with Gasteiger partial charge in [0.1, 0.15) is 9.84 Å². The zero-order valence-corrected chi connectivity index (χ0v) is 15.7. The lowest BCUT2D eigenvalue weighted by atomic mass is 9.97. The number of benzene rings is 1. The lowest BCUT2D eigenvalue weighted by molar-refractivity contribution is -0.139. The van der Waals surface area contributed by atoms with E-state index in [4.69, 9.17) is 11.6 Å². The van der Waals surface area contributed by atoms with Crippen molar-refractivity contribution in [1.29, 1.82) is 0 Å². The van der Waals surface area contributed by atoms with Gasteiger partial charge in [0, 0.05) is 30.6 Å². The monoisotopic (exact) mass is 392 g/mol. The van der Waals surface area contributed by atoms with Gasteiger partial charge in [0.25, 0.3) is 0 Å². The van der Waals surface area contributed by atoms with Gasteiger partial charge in [0.15, 0.2) is 0 Å². The highest BCUT2D eigenvalue weighted by Crippen LogP contribution is 2.31. The molecular formula is C16H22Cl2N2O3S. The van der Waals surface area contributed by atoms with Crippen LogP contribution in [0.15, 0.2) is 24.3 Å². The molecule has 2 heterocycles. The fraction of sp³-hybridized carbons (Fsp3) is 0.562. The first kappa shape index (κ1) is 19.5. The summed E-state index contributed by atoms with van der Waals surface area (Å²) in [5, 5.41) is 3.97. The van der Waals surface area contributed by atoms with Crippen molar-refractivity contribution in [3.8, 4) is 0 Å². The van der Waals surface area contributed by atoms with Crippen molar-refractivity contribution in [1.82, 2.24) is 10.2 Å². The van der Waals surface area contributed by atoms with Crippen LogP contribution in [0.2, 0.25) is 5.02 Å². The Morgan fingerprint density at radius 3 is 2.54 bits per heavy atom. The first-order chi connectivity index (χ1) is 11.0. The number of sulfone groups is 1. The van der Waals surface area contributed by atoms with Crippen LogP contribution in [-0.2, 0) is 14.6 Å². The standard InChI is InChI=1S/C16H21ClN2O3S.ClH/c17-14-4-2-1-3-13(14)15-11-18-7-8-19(15)16(20)12-5-9-23(21,22)10-6-12;/h1-4,12,15,18H,5-11H2;1H. The molecule has 24 heavy (non-hydrogen) atoms. The molecule has 134 valence electrons. The minimum atomic E-state index is -2.96. The van der Waals surface area contributed by atoms with E-state index in [1.165, 1.54) is 0 Å². The molecule has 8 heteroatoms. The molecule has 0 spiro atoms. The number of carbonyl (C=O) groups is 1. The summed E-state index contributed by atoms with van der Waals surface area (Å²) in [4.78, 5) is 14.8. The normalized spacial score (nSPS) is 24.2. The smallest absolute Gasteiger partial charge is 0.226 e. The molecule has 0 radical (unpaired) electrons. The average Bonchev–Trinajstić information content (AvgIpc) is 2.55. The summed E-state index contributed by atoms with van der Waals surface area (Å²) >= 11 is 6.31. The van der Waals surface area contributed by atoms with E-state index in [0.717, 1.165) is 12.1 Å². The number of hydrogen-bond acceptors (Lipinski definition) is 4. The molecule has 2 aliphatic heterocycles. The topological polar surface area (TPSA) is 66.5 Å². The van der Waals surface area contributed by atoms with Gasteiger partial charge in [-0.25, -0.2) is 8.42 Å². The molecule has 1 aromatic rings. The number of halogens is 2. The largest absolute Gasteiger partial charge is 0.333 e. The van der Waals surface area contributed by atoms with Crippen molar-refractivity contribution in [2.45, 2.75) is 18.9 Å². The van der Waals surface area contributed by atoms with E-state index in [2.05, 4.69) is 5.32 Å². The molecule has 0 aromatic heterocycles. The first-order valence-corrected chi connectivity index (χ1v) is 10.1. The molecule has 5 nitrogen and oxygen atoms in total. The summed E-state index contributed by atoms with van der Waals surface area (Å²) < 4.78 is 23.1. The Bertz CT molecular complexity index is 682. The van der Waals surface area contributed by atoms with Crippen molar-refractivity contribution < 1.29 is 13.2 Å². The first-order valence-electron chi connectivity index (χ1n) is 7.94. The number of nitrogens with zero attached hydrogens (tertiary/aromatic N) is 1. The molecule has 3 rings (SSSR count). The van der Waals surface area contributed by atoms with Gasteiger partial charge in [0.2, 0.25) is 5.91 Å². The Labute approximate surface area is 154 Å². The van der Waals surface area contributed by atoms with Crippen LogP contribution in [0, 0.1) is 5.92 Å². The Morgan fingerprint density at radius 1 is 1.21 bits per heavy atom. The van der Waals surface area contributed by atoms with E-state index in [0.29, 0.717) is 31.0 Å². The van der Waals surface area contributed by atoms with E-state index in [9.17, 15) is 13.2 Å². The highest BCUT2D eigenvalue weighted by atomic mass is 35.5. The van der Waals surface area contributed by atoms with Gasteiger partial charge in [0.05, 0.1) is 17.5 Å². The van der Waals surface area contributed by atoms with Gasteiger partial charge in [-0.1, -0.05) is 29.8 Å². The van der Waals surface area contributed by atoms with E-state index in [-0.39, 0.29) is 41.8 Å². The summed E-state index contributed by atoms with van der Waals surface area (Å²) in [5.74, 6) is 0.103. The third kappa shape index (κ3) is 4.23. The number of nitrogens with one attached hydrogen (secondary N) is 1. The third-order valence-corrected chi connectivity index (χ3v) is 6.75. The predicted octanol–water partition coefficient (Wildman–Crippen LogP) is 2.06. The van der Waals surface area contributed by atoms with Crippen LogP contribution in [-0.4, -0.2) is 50.4 Å². The van der Waals surface area contributed by atoms with Gasteiger partial charge in [-0.3, -0.25) is 4.79 Å². The molecule has 2 saturated heterocycles. The van der Waals surface area contributed by atoms with Gasteiger partial charge in [-0.15, -0.1) is 12.4 Å². The molecule has 1 atom stereocenters. The minimum Gasteiger partial charge on any atom is -0.333 e. The molecule has 1 aromatic carbocycles. The molecule has 2 fully saturated rings.